The number of anilines is 3. The second kappa shape index (κ2) is 92.9. The Morgan fingerprint density at radius 3 is 0.409 bits per heavy atom. The lowest BCUT2D eigenvalue weighted by atomic mass is 10.0. The highest BCUT2D eigenvalue weighted by Gasteiger charge is 2.17. The third-order valence-electron chi connectivity index (χ3n) is 26.7. The molecule has 1 heterocycles. The predicted molar refractivity (Wildman–Crippen MR) is 567 cm³/mol. The van der Waals surface area contributed by atoms with E-state index in [1.54, 1.807) is 0 Å². The van der Waals surface area contributed by atoms with Crippen LogP contribution >= 0.6 is 0 Å². The van der Waals surface area contributed by atoms with Crippen LogP contribution in [0.2, 0.25) is 0 Å². The number of nitrogens with zero attached hydrogens (tertiary/aromatic N) is 3. The van der Waals surface area contributed by atoms with Crippen molar-refractivity contribution in [2.75, 3.05) is 56.1 Å². The van der Waals surface area contributed by atoms with Crippen molar-refractivity contribution >= 4 is 17.8 Å². The smallest absolute Gasteiger partial charge is 0.263 e. The van der Waals surface area contributed by atoms with Gasteiger partial charge in [-0.2, -0.15) is 31.4 Å². The van der Waals surface area contributed by atoms with E-state index >= 15 is 0 Å². The molecule has 0 aliphatic rings. The van der Waals surface area contributed by atoms with Crippen molar-refractivity contribution in [2.45, 2.75) is 581 Å². The Morgan fingerprint density at radius 2 is 0.273 bits per heavy atom. The molecule has 4 rings (SSSR count). The maximum absolute atomic E-state index is 6.63. The first-order valence-corrected chi connectivity index (χ1v) is 57.7. The van der Waals surface area contributed by atoms with E-state index in [0.29, 0.717) is 74.1 Å². The van der Waals surface area contributed by atoms with Gasteiger partial charge in [-0.3, -0.25) is 0 Å². The maximum atomic E-state index is 6.63. The molecule has 0 aliphatic heterocycles. The van der Waals surface area contributed by atoms with Gasteiger partial charge < -0.3 is 42.9 Å². The maximum Gasteiger partial charge on any atom is 0.263 e. The molecule has 0 unspecified atom stereocenters. The Morgan fingerprint density at radius 1 is 0.152 bits per heavy atom. The van der Waals surface area contributed by atoms with Gasteiger partial charge in [0.1, 0.15) is 0 Å². The Hall–Kier alpha value is -5.73. The molecule has 0 spiro atoms. The van der Waals surface area contributed by atoms with E-state index in [9.17, 15) is 0 Å². The minimum atomic E-state index is 0.0964. The standard InChI is InChI=1S/C117H210N6O9/c1-7-13-19-25-31-37-43-49-55-61-67-73-79-85-97-124-109-94-91-106(103-112(109)127-100-88-82-76-70-64-58-52-46-40-34-28-22-16-10-4)130-121-115-118-116(122-131-107-92-95-110(125-98-86-80-74-68-62-56-50-44-38-32-26-20-14-8-2)113(104-107)128-101-89-83-77-71-65-59-53-47-41-35-29-23-17-11-5)120-117(119-115)123-132-108-93-96-111(126-99-87-81-75-69-63-57-51-45-39-33-27-21-15-9-3)114(105-108)129-102-90-84-78-72-66-60-54-48-42-36-30-24-18-12-6/h91-96,103-105H,7-90,97-102H2,1-6H3,(H3,118,119,120,121,122,123). The number of hydrogen-bond acceptors (Lipinski definition) is 15. The number of rotatable bonds is 105. The third-order valence-corrected chi connectivity index (χ3v) is 26.7. The lowest BCUT2D eigenvalue weighted by Crippen LogP contribution is -2.17. The number of ether oxygens (including phenoxy) is 6. The fourth-order valence-corrected chi connectivity index (χ4v) is 18.1. The van der Waals surface area contributed by atoms with Crippen LogP contribution in [-0.2, 0) is 0 Å². The lowest BCUT2D eigenvalue weighted by Gasteiger charge is -2.16. The first-order chi connectivity index (χ1) is 65.5. The largest absolute Gasteiger partial charge is 0.490 e. The van der Waals surface area contributed by atoms with Crippen LogP contribution in [0.1, 0.15) is 581 Å². The summed E-state index contributed by atoms with van der Waals surface area (Å²) in [5.74, 6) is 5.93. The molecule has 0 saturated heterocycles. The fraction of sp³-hybridized carbons (Fsp3) is 0.821. The van der Waals surface area contributed by atoms with E-state index in [-0.39, 0.29) is 17.8 Å². The summed E-state index contributed by atoms with van der Waals surface area (Å²) >= 11 is 0. The van der Waals surface area contributed by atoms with E-state index in [2.05, 4.69) is 58.0 Å². The van der Waals surface area contributed by atoms with Gasteiger partial charge in [0.15, 0.2) is 51.7 Å². The van der Waals surface area contributed by atoms with Crippen LogP contribution in [0.25, 0.3) is 0 Å². The average molecular weight is 1840 g/mol. The van der Waals surface area contributed by atoms with Crippen LogP contribution in [0.3, 0.4) is 0 Å². The number of hydrogen-bond donors (Lipinski definition) is 3. The van der Waals surface area contributed by atoms with Gasteiger partial charge in [-0.05, 0) is 74.9 Å². The fourth-order valence-electron chi connectivity index (χ4n) is 18.1. The molecule has 0 bridgehead atoms. The number of aromatic nitrogens is 3. The van der Waals surface area contributed by atoms with Gasteiger partial charge in [0, 0.05) is 18.2 Å². The Balaban J connectivity index is 1.55. The molecular weight excluding hydrogens is 1630 g/mol. The van der Waals surface area contributed by atoms with Crippen molar-refractivity contribution in [3.8, 4) is 51.7 Å². The summed E-state index contributed by atoms with van der Waals surface area (Å²) in [4.78, 5) is 33.6. The molecule has 4 aromatic rings. The first kappa shape index (κ1) is 119. The summed E-state index contributed by atoms with van der Waals surface area (Å²) in [7, 11) is 0. The minimum Gasteiger partial charge on any atom is -0.490 e. The summed E-state index contributed by atoms with van der Waals surface area (Å²) in [5, 5.41) is 0. The molecule has 0 radical (unpaired) electrons. The SMILES string of the molecule is CCCCCCCCCCCCCCCCOc1ccc(ONc2nc(NOc3ccc(OCCCCCCCCCCCCCCCC)c(OCCCCCCCCCCCCCCCC)c3)nc(NOc3ccc(OCCCCCCCCCCCCCCCC)c(OCCCCCCCCCCCCCCCC)c3)n2)cc1OCCCCCCCCCCCCCCCC. The van der Waals surface area contributed by atoms with Gasteiger partial charge in [0.2, 0.25) is 0 Å². The Labute approximate surface area is 814 Å². The summed E-state index contributed by atoms with van der Waals surface area (Å²) in [6, 6.07) is 17.3. The van der Waals surface area contributed by atoms with Gasteiger partial charge in [0.25, 0.3) is 17.8 Å². The molecule has 15 nitrogen and oxygen atoms in total. The number of benzene rings is 3. The van der Waals surface area contributed by atoms with Gasteiger partial charge in [0.05, 0.1) is 39.6 Å². The molecule has 132 heavy (non-hydrogen) atoms. The zero-order chi connectivity index (χ0) is 93.5. The molecule has 15 heteroatoms. The van der Waals surface area contributed by atoms with E-state index in [4.69, 9.17) is 57.9 Å². The van der Waals surface area contributed by atoms with Crippen molar-refractivity contribution in [1.29, 1.82) is 0 Å². The van der Waals surface area contributed by atoms with Gasteiger partial charge in [-0.15, -0.1) is 0 Å². The zero-order valence-electron chi connectivity index (χ0n) is 87.4. The highest BCUT2D eigenvalue weighted by molar-refractivity contribution is 5.49. The van der Waals surface area contributed by atoms with E-state index in [0.717, 1.165) is 94.3 Å². The zero-order valence-corrected chi connectivity index (χ0v) is 87.4. The molecule has 762 valence electrons. The first-order valence-electron chi connectivity index (χ1n) is 57.7. The molecule has 3 N–H and O–H groups in total. The Bertz CT molecular complexity index is 2760. The quantitative estimate of drug-likeness (QED) is 0.0283. The molecule has 0 fully saturated rings. The second-order valence-corrected chi connectivity index (χ2v) is 39.4. The summed E-state index contributed by atoms with van der Waals surface area (Å²) in [6.07, 6.45) is 110. The van der Waals surface area contributed by atoms with Crippen molar-refractivity contribution in [3.63, 3.8) is 0 Å². The normalized spacial score (nSPS) is 11.4. The van der Waals surface area contributed by atoms with Crippen LogP contribution in [0.15, 0.2) is 54.6 Å². The number of nitrogens with one attached hydrogen (secondary N) is 3. The van der Waals surface area contributed by atoms with Crippen LogP contribution in [0, 0.1) is 0 Å². The highest BCUT2D eigenvalue weighted by atomic mass is 16.7. The summed E-state index contributed by atoms with van der Waals surface area (Å²) in [6.45, 7) is 17.4. The molecule has 0 atom stereocenters. The van der Waals surface area contributed by atoms with E-state index < -0.39 is 0 Å². The van der Waals surface area contributed by atoms with Crippen LogP contribution in [0.5, 0.6) is 51.7 Å². The second-order valence-electron chi connectivity index (χ2n) is 39.4. The van der Waals surface area contributed by atoms with Crippen LogP contribution in [-0.4, -0.2) is 54.6 Å². The van der Waals surface area contributed by atoms with Crippen LogP contribution in [0.4, 0.5) is 17.8 Å². The van der Waals surface area contributed by atoms with E-state index in [1.807, 2.05) is 54.6 Å². The van der Waals surface area contributed by atoms with Gasteiger partial charge in [-0.25, -0.2) is 0 Å². The van der Waals surface area contributed by atoms with Gasteiger partial charge >= 0.3 is 0 Å². The highest BCUT2D eigenvalue weighted by Crippen LogP contribution is 2.37. The van der Waals surface area contributed by atoms with Crippen molar-refractivity contribution in [3.05, 3.63) is 54.6 Å². The molecule has 0 aliphatic carbocycles. The Kier molecular flexibility index (Phi) is 83.5. The molecule has 0 saturated carbocycles. The summed E-state index contributed by atoms with van der Waals surface area (Å²) < 4.78 is 39.5. The van der Waals surface area contributed by atoms with E-state index in [1.165, 1.54) is 462 Å². The van der Waals surface area contributed by atoms with Crippen molar-refractivity contribution in [2.24, 2.45) is 0 Å². The summed E-state index contributed by atoms with van der Waals surface area (Å²) in [5.41, 5.74) is 9.15. The van der Waals surface area contributed by atoms with Crippen molar-refractivity contribution < 1.29 is 42.9 Å². The molecule has 0 amide bonds. The van der Waals surface area contributed by atoms with Crippen LogP contribution < -0.4 is 59.4 Å². The topological polar surface area (TPSA) is 158 Å². The lowest BCUT2D eigenvalue weighted by molar-refractivity contribution is 0.256. The number of unbranched alkanes of at least 4 members (excludes halogenated alkanes) is 78. The van der Waals surface area contributed by atoms with Crippen molar-refractivity contribution in [1.82, 2.24) is 15.0 Å². The minimum absolute atomic E-state index is 0.0964. The monoisotopic (exact) mass is 1840 g/mol. The predicted octanol–water partition coefficient (Wildman–Crippen LogP) is 39.2. The molecule has 3 aromatic carbocycles. The average Bonchev–Trinajstić information content (AvgIpc) is 0.868. The molecular formula is C117H210N6O9. The van der Waals surface area contributed by atoms with Gasteiger partial charge in [-0.1, -0.05) is 542 Å². The molecule has 1 aromatic heterocycles. The third kappa shape index (κ3) is 71.7.